The minimum Gasteiger partial charge on any atom is -0.284 e. The van der Waals surface area contributed by atoms with Crippen molar-refractivity contribution in [1.82, 2.24) is 4.98 Å². The Hall–Kier alpha value is -3.59. The van der Waals surface area contributed by atoms with Crippen LogP contribution in [-0.2, 0) is 0 Å². The highest BCUT2D eigenvalue weighted by Crippen LogP contribution is 2.23. The van der Waals surface area contributed by atoms with Gasteiger partial charge in [0, 0.05) is 12.1 Å². The standard InChI is InChI=1S/C23H22N6/c1-16-7-8-25-21(13-16)27-9-11-28(12-10-27)22-14-17(2)18(15-24)23-26-19-5-3-4-6-20(19)29(22)23/h3-8,13-14H,9-12H2,1-2H3/p+2. The van der Waals surface area contributed by atoms with Gasteiger partial charge < -0.3 is 0 Å². The Labute approximate surface area is 169 Å². The van der Waals surface area contributed by atoms with Crippen LogP contribution in [0.3, 0.4) is 0 Å². The van der Waals surface area contributed by atoms with E-state index in [9.17, 15) is 5.26 Å². The highest BCUT2D eigenvalue weighted by atomic mass is 15.3. The van der Waals surface area contributed by atoms with E-state index in [-0.39, 0.29) is 0 Å². The maximum Gasteiger partial charge on any atom is 0.274 e. The number of pyridine rings is 2. The van der Waals surface area contributed by atoms with Gasteiger partial charge in [-0.1, -0.05) is 12.1 Å². The molecule has 29 heavy (non-hydrogen) atoms. The van der Waals surface area contributed by atoms with Gasteiger partial charge in [-0.2, -0.15) is 9.66 Å². The van der Waals surface area contributed by atoms with E-state index in [0.29, 0.717) is 5.56 Å². The Morgan fingerprint density at radius 1 is 1.03 bits per heavy atom. The van der Waals surface area contributed by atoms with E-state index in [4.69, 9.17) is 0 Å². The highest BCUT2D eigenvalue weighted by molar-refractivity contribution is 5.77. The first kappa shape index (κ1) is 17.5. The Balaban J connectivity index is 1.55. The maximum absolute atomic E-state index is 9.72. The van der Waals surface area contributed by atoms with Gasteiger partial charge in [0.15, 0.2) is 0 Å². The minimum atomic E-state index is 0.706. The van der Waals surface area contributed by atoms with Gasteiger partial charge >= 0.3 is 0 Å². The van der Waals surface area contributed by atoms with Gasteiger partial charge in [-0.3, -0.25) is 14.8 Å². The molecule has 1 aromatic carbocycles. The third-order valence-electron chi connectivity index (χ3n) is 5.83. The number of aromatic amines is 2. The molecular formula is C23H24N6+2. The molecule has 0 atom stereocenters. The average molecular weight is 384 g/mol. The van der Waals surface area contributed by atoms with Crippen molar-refractivity contribution in [3.05, 3.63) is 65.4 Å². The number of aromatic nitrogens is 3. The number of aryl methyl sites for hydroxylation is 2. The quantitative estimate of drug-likeness (QED) is 0.540. The summed E-state index contributed by atoms with van der Waals surface area (Å²) in [6.45, 7) is 7.89. The summed E-state index contributed by atoms with van der Waals surface area (Å²) in [5, 5.41) is 9.72. The molecular weight excluding hydrogens is 360 g/mol. The first-order valence-corrected chi connectivity index (χ1v) is 10.00. The van der Waals surface area contributed by atoms with Gasteiger partial charge in [0.25, 0.3) is 5.82 Å². The van der Waals surface area contributed by atoms with Crippen LogP contribution in [0.4, 0.5) is 11.6 Å². The van der Waals surface area contributed by atoms with Crippen molar-refractivity contribution in [2.75, 3.05) is 36.0 Å². The zero-order chi connectivity index (χ0) is 20.0. The largest absolute Gasteiger partial charge is 0.284 e. The third kappa shape index (κ3) is 2.87. The molecule has 4 aromatic rings. The lowest BCUT2D eigenvalue weighted by Gasteiger charge is -2.29. The lowest BCUT2D eigenvalue weighted by Crippen LogP contribution is -2.50. The van der Waals surface area contributed by atoms with Gasteiger partial charge in [0.05, 0.1) is 6.20 Å². The van der Waals surface area contributed by atoms with Crippen LogP contribution in [0.2, 0.25) is 0 Å². The van der Waals surface area contributed by atoms with Crippen molar-refractivity contribution in [3.63, 3.8) is 0 Å². The van der Waals surface area contributed by atoms with Crippen molar-refractivity contribution in [2.24, 2.45) is 0 Å². The molecule has 144 valence electrons. The van der Waals surface area contributed by atoms with Crippen molar-refractivity contribution < 1.29 is 9.38 Å². The number of piperazine rings is 1. The molecule has 1 aliphatic rings. The maximum atomic E-state index is 9.72. The summed E-state index contributed by atoms with van der Waals surface area (Å²) in [5.74, 6) is 2.31. The van der Waals surface area contributed by atoms with Crippen LogP contribution in [-0.4, -0.2) is 31.2 Å². The number of imidazole rings is 1. The second kappa shape index (κ2) is 6.78. The second-order valence-corrected chi connectivity index (χ2v) is 7.72. The molecule has 0 spiro atoms. The number of benzene rings is 1. The summed E-state index contributed by atoms with van der Waals surface area (Å²) in [5.41, 5.74) is 5.99. The summed E-state index contributed by atoms with van der Waals surface area (Å²) in [4.78, 5) is 11.6. The summed E-state index contributed by atoms with van der Waals surface area (Å²) >= 11 is 0. The molecule has 1 fully saturated rings. The molecule has 0 amide bonds. The van der Waals surface area contributed by atoms with Crippen LogP contribution in [0, 0.1) is 25.2 Å². The van der Waals surface area contributed by atoms with Gasteiger partial charge in [0.1, 0.15) is 48.8 Å². The SMILES string of the molecule is Cc1cc[nH+]c(N2CCN(c3cc(C)c(C#N)c4[nH]c5ccccc5[n+]34)CC2)c1. The fraction of sp³-hybridized carbons (Fsp3) is 0.261. The first-order chi connectivity index (χ1) is 14.2. The predicted molar refractivity (Wildman–Crippen MR) is 113 cm³/mol. The molecule has 1 aliphatic heterocycles. The smallest absolute Gasteiger partial charge is 0.274 e. The van der Waals surface area contributed by atoms with E-state index < -0.39 is 0 Å². The van der Waals surface area contributed by atoms with Crippen molar-refractivity contribution >= 4 is 28.3 Å². The summed E-state index contributed by atoms with van der Waals surface area (Å²) in [6, 6.07) is 17.1. The zero-order valence-corrected chi connectivity index (χ0v) is 16.7. The zero-order valence-electron chi connectivity index (χ0n) is 16.7. The Morgan fingerprint density at radius 3 is 2.55 bits per heavy atom. The Kier molecular flexibility index (Phi) is 4.09. The van der Waals surface area contributed by atoms with Crippen molar-refractivity contribution in [2.45, 2.75) is 13.8 Å². The third-order valence-corrected chi connectivity index (χ3v) is 5.83. The van der Waals surface area contributed by atoms with E-state index in [0.717, 1.165) is 54.2 Å². The van der Waals surface area contributed by atoms with E-state index in [1.807, 2.05) is 25.3 Å². The monoisotopic (exact) mass is 384 g/mol. The first-order valence-electron chi connectivity index (χ1n) is 10.00. The number of nitrogens with one attached hydrogen (secondary N) is 2. The number of hydrogen-bond donors (Lipinski definition) is 1. The Bertz CT molecular complexity index is 1260. The predicted octanol–water partition coefficient (Wildman–Crippen LogP) is 2.54. The molecule has 1 saturated heterocycles. The van der Waals surface area contributed by atoms with Crippen LogP contribution >= 0.6 is 0 Å². The lowest BCUT2D eigenvalue weighted by molar-refractivity contribution is -0.467. The van der Waals surface area contributed by atoms with Crippen molar-refractivity contribution in [1.29, 1.82) is 5.26 Å². The Morgan fingerprint density at radius 2 is 1.79 bits per heavy atom. The fourth-order valence-corrected chi connectivity index (χ4v) is 4.30. The normalized spacial score (nSPS) is 14.5. The molecule has 0 saturated carbocycles. The number of H-pyrrole nitrogens is 2. The van der Waals surface area contributed by atoms with Crippen molar-refractivity contribution in [3.8, 4) is 6.07 Å². The van der Waals surface area contributed by atoms with Gasteiger partial charge in [-0.15, -0.1) is 0 Å². The van der Waals surface area contributed by atoms with Crippen LogP contribution in [0.15, 0.2) is 48.7 Å². The average Bonchev–Trinajstić information content (AvgIpc) is 3.12. The molecule has 2 N–H and O–H groups in total. The number of anilines is 2. The number of nitrogens with zero attached hydrogens (tertiary/aromatic N) is 4. The molecule has 6 heteroatoms. The van der Waals surface area contributed by atoms with Crippen LogP contribution in [0.1, 0.15) is 16.7 Å². The number of fused-ring (bicyclic) bond motifs is 3. The van der Waals surface area contributed by atoms with Crippen LogP contribution < -0.4 is 19.2 Å². The van der Waals surface area contributed by atoms with E-state index in [2.05, 4.69) is 67.5 Å². The summed E-state index contributed by atoms with van der Waals surface area (Å²) in [6.07, 6.45) is 2.01. The van der Waals surface area contributed by atoms with Crippen LogP contribution in [0.25, 0.3) is 16.7 Å². The number of nitriles is 1. The van der Waals surface area contributed by atoms with E-state index in [1.165, 1.54) is 11.4 Å². The number of para-hydroxylation sites is 2. The minimum absolute atomic E-state index is 0.706. The number of hydrogen-bond acceptors (Lipinski definition) is 3. The molecule has 4 heterocycles. The van der Waals surface area contributed by atoms with Gasteiger partial charge in [-0.25, -0.2) is 4.98 Å². The summed E-state index contributed by atoms with van der Waals surface area (Å²) in [7, 11) is 0. The highest BCUT2D eigenvalue weighted by Gasteiger charge is 2.30. The van der Waals surface area contributed by atoms with E-state index in [1.54, 1.807) is 0 Å². The van der Waals surface area contributed by atoms with E-state index >= 15 is 0 Å². The molecule has 3 aromatic heterocycles. The topological polar surface area (TPSA) is 64.3 Å². The molecule has 0 aliphatic carbocycles. The van der Waals surface area contributed by atoms with Gasteiger partial charge in [-0.05, 0) is 43.2 Å². The second-order valence-electron chi connectivity index (χ2n) is 7.72. The fourth-order valence-electron chi connectivity index (χ4n) is 4.30. The molecule has 0 unspecified atom stereocenters. The molecule has 6 nitrogen and oxygen atoms in total. The number of rotatable bonds is 2. The van der Waals surface area contributed by atoms with Gasteiger partial charge in [0.2, 0.25) is 11.5 Å². The van der Waals surface area contributed by atoms with Crippen LogP contribution in [0.5, 0.6) is 0 Å². The molecule has 5 rings (SSSR count). The lowest BCUT2D eigenvalue weighted by atomic mass is 10.1. The summed E-state index contributed by atoms with van der Waals surface area (Å²) < 4.78 is 2.20. The molecule has 0 bridgehead atoms. The molecule has 0 radical (unpaired) electrons.